The zero-order valence-electron chi connectivity index (χ0n) is 18.4. The first-order valence-corrected chi connectivity index (χ1v) is 12.5. The molecule has 0 aromatic rings. The van der Waals surface area contributed by atoms with Crippen molar-refractivity contribution >= 4 is 32.7 Å². The second-order valence-electron chi connectivity index (χ2n) is 7.51. The molecule has 0 aromatic heterocycles. The summed E-state index contributed by atoms with van der Waals surface area (Å²) in [6.45, 7) is -0.106. The topological polar surface area (TPSA) is 291 Å². The molecule has 0 bridgehead atoms. The van der Waals surface area contributed by atoms with Gasteiger partial charge in [0, 0.05) is 6.92 Å². The van der Waals surface area contributed by atoms with Crippen molar-refractivity contribution < 1.29 is 83.3 Å². The normalized spacial score (nSPS) is 37.8. The summed E-state index contributed by atoms with van der Waals surface area (Å²) in [7, 11) is -9.51. The van der Waals surface area contributed by atoms with E-state index >= 15 is 0 Å². The summed E-state index contributed by atoms with van der Waals surface area (Å²) in [6.07, 6.45) is -18.8. The lowest BCUT2D eigenvalue weighted by atomic mass is 9.95. The highest BCUT2D eigenvalue weighted by atomic mass is 32.3. The van der Waals surface area contributed by atoms with Crippen LogP contribution in [0, 0.1) is 0 Å². The maximum absolute atomic E-state index is 12.0. The third-order valence-corrected chi connectivity index (χ3v) is 5.85. The molecule has 2 heterocycles. The first kappa shape index (κ1) is 30.6. The van der Waals surface area contributed by atoms with Gasteiger partial charge in [-0.15, -0.1) is 0 Å². The Morgan fingerprint density at radius 3 is 2.03 bits per heavy atom. The average molecular weight is 571 g/mol. The summed E-state index contributed by atoms with van der Waals surface area (Å²) < 4.78 is 90.5. The van der Waals surface area contributed by atoms with Gasteiger partial charge in [0.15, 0.2) is 24.8 Å². The van der Waals surface area contributed by atoms with E-state index < -0.39 is 101 Å². The van der Waals surface area contributed by atoms with Gasteiger partial charge in [-0.25, -0.2) is 13.2 Å². The Kier molecular flexibility index (Phi) is 10.1. The SMILES string of the molecule is COC(=O)[C@H]1O[C@@H](O[C@H]2[C@H](O)[C@@H](COS(=O)(=O)O)O[C@@H](O)[C@@H]2NC(C)=O)[C@H](OS(=O)(=O)O)[C@@H](O)[C@@H]1O. The van der Waals surface area contributed by atoms with E-state index in [9.17, 15) is 46.9 Å². The number of ether oxygens (including phenoxy) is 4. The number of hydrogen-bond donors (Lipinski definition) is 7. The standard InChI is InChI=1S/C15H25NO18S2/c1-4(17)16-6-10(7(18)5(31-13(6)21)3-30-35(23,24)25)32-15-12(34-36(26,27)28)9(20)8(19)11(33-15)14(22)29-2/h5-13,15,18-21H,3H2,1-2H3,(H,16,17)(H,23,24,25)(H,26,27,28)/t5-,6-,7-,8+,9+,10-,11+,12-,13-,15-/m1/s1. The lowest BCUT2D eigenvalue weighted by Gasteiger charge is -2.46. The second-order valence-corrected chi connectivity index (χ2v) is 9.65. The molecule has 2 aliphatic heterocycles. The van der Waals surface area contributed by atoms with E-state index in [2.05, 4.69) is 18.4 Å². The molecule has 2 fully saturated rings. The number of carbonyl (C=O) groups is 2. The summed E-state index contributed by atoms with van der Waals surface area (Å²) in [6, 6.07) is -1.69. The van der Waals surface area contributed by atoms with E-state index in [4.69, 9.17) is 23.3 Å². The number of amides is 1. The number of hydrogen-bond acceptors (Lipinski definition) is 16. The van der Waals surface area contributed by atoms with Gasteiger partial charge in [0.2, 0.25) is 5.91 Å². The molecule has 0 unspecified atom stereocenters. The number of esters is 1. The predicted molar refractivity (Wildman–Crippen MR) is 106 cm³/mol. The minimum atomic E-state index is -5.36. The van der Waals surface area contributed by atoms with Crippen LogP contribution in [0.25, 0.3) is 0 Å². The van der Waals surface area contributed by atoms with Gasteiger partial charge in [-0.3, -0.25) is 13.9 Å². The van der Waals surface area contributed by atoms with Gasteiger partial charge in [-0.1, -0.05) is 0 Å². The van der Waals surface area contributed by atoms with E-state index in [1.807, 2.05) is 0 Å². The van der Waals surface area contributed by atoms with Crippen molar-refractivity contribution in [1.29, 1.82) is 0 Å². The van der Waals surface area contributed by atoms with Crippen molar-refractivity contribution in [3.05, 3.63) is 0 Å². The minimum Gasteiger partial charge on any atom is -0.467 e. The Morgan fingerprint density at radius 1 is 0.917 bits per heavy atom. The Hall–Kier alpha value is -1.60. The third-order valence-electron chi connectivity index (χ3n) is 4.95. The maximum Gasteiger partial charge on any atom is 0.397 e. The molecule has 2 saturated heterocycles. The predicted octanol–water partition coefficient (Wildman–Crippen LogP) is -5.42. The van der Waals surface area contributed by atoms with Gasteiger partial charge >= 0.3 is 26.8 Å². The highest BCUT2D eigenvalue weighted by molar-refractivity contribution is 7.81. The highest BCUT2D eigenvalue weighted by Crippen LogP contribution is 2.31. The van der Waals surface area contributed by atoms with Crippen LogP contribution in [-0.2, 0) is 57.7 Å². The maximum atomic E-state index is 12.0. The summed E-state index contributed by atoms with van der Waals surface area (Å²) >= 11 is 0. The van der Waals surface area contributed by atoms with Crippen LogP contribution in [0.5, 0.6) is 0 Å². The zero-order chi connectivity index (χ0) is 27.6. The molecule has 0 aromatic carbocycles. The fourth-order valence-electron chi connectivity index (χ4n) is 3.43. The van der Waals surface area contributed by atoms with Crippen LogP contribution in [0.15, 0.2) is 0 Å². The summed E-state index contributed by atoms with van der Waals surface area (Å²) in [5, 5.41) is 43.6. The zero-order valence-corrected chi connectivity index (χ0v) is 20.0. The molecule has 0 saturated carbocycles. The van der Waals surface area contributed by atoms with Crippen molar-refractivity contribution in [1.82, 2.24) is 5.32 Å². The second kappa shape index (κ2) is 11.8. The molecule has 2 rings (SSSR count). The largest absolute Gasteiger partial charge is 0.467 e. The van der Waals surface area contributed by atoms with Gasteiger partial charge in [0.05, 0.1) is 13.7 Å². The fraction of sp³-hybridized carbons (Fsp3) is 0.867. The molecule has 1 amide bonds. The van der Waals surface area contributed by atoms with E-state index in [0.29, 0.717) is 0 Å². The highest BCUT2D eigenvalue weighted by Gasteiger charge is 2.54. The Balaban J connectivity index is 2.44. The smallest absolute Gasteiger partial charge is 0.397 e. The third kappa shape index (κ3) is 7.95. The fourth-order valence-corrected chi connectivity index (χ4v) is 4.22. The number of nitrogens with one attached hydrogen (secondary N) is 1. The van der Waals surface area contributed by atoms with Crippen molar-refractivity contribution in [2.24, 2.45) is 0 Å². The van der Waals surface area contributed by atoms with Gasteiger partial charge in [-0.2, -0.15) is 16.8 Å². The van der Waals surface area contributed by atoms with Gasteiger partial charge < -0.3 is 44.7 Å². The number of aliphatic hydroxyl groups is 4. The van der Waals surface area contributed by atoms with E-state index in [1.165, 1.54) is 0 Å². The number of methoxy groups -OCH3 is 1. The number of aliphatic hydroxyl groups excluding tert-OH is 4. The quantitative estimate of drug-likeness (QED) is 0.100. The lowest BCUT2D eigenvalue weighted by molar-refractivity contribution is -0.333. The molecule has 21 heteroatoms. The van der Waals surface area contributed by atoms with Crippen molar-refractivity contribution in [3.8, 4) is 0 Å². The molecule has 10 atom stereocenters. The van der Waals surface area contributed by atoms with Gasteiger partial charge in [-0.05, 0) is 0 Å². The lowest BCUT2D eigenvalue weighted by Crippen LogP contribution is -2.68. The van der Waals surface area contributed by atoms with Crippen molar-refractivity contribution in [2.45, 2.75) is 68.3 Å². The van der Waals surface area contributed by atoms with Crippen molar-refractivity contribution in [2.75, 3.05) is 13.7 Å². The Morgan fingerprint density at radius 2 is 1.53 bits per heavy atom. The summed E-state index contributed by atoms with van der Waals surface area (Å²) in [5.74, 6) is -2.08. The molecule has 0 spiro atoms. The molecule has 19 nitrogen and oxygen atoms in total. The molecule has 2 aliphatic rings. The Labute approximate surface area is 203 Å². The van der Waals surface area contributed by atoms with E-state index in [0.717, 1.165) is 14.0 Å². The van der Waals surface area contributed by atoms with Crippen LogP contribution in [0.1, 0.15) is 6.92 Å². The van der Waals surface area contributed by atoms with E-state index in [-0.39, 0.29) is 0 Å². The van der Waals surface area contributed by atoms with Crippen LogP contribution in [0.3, 0.4) is 0 Å². The molecule has 0 aliphatic carbocycles. The van der Waals surface area contributed by atoms with Crippen LogP contribution < -0.4 is 5.32 Å². The molecular weight excluding hydrogens is 546 g/mol. The number of rotatable bonds is 9. The van der Waals surface area contributed by atoms with Crippen LogP contribution >= 0.6 is 0 Å². The average Bonchev–Trinajstić information content (AvgIpc) is 2.74. The molecule has 7 N–H and O–H groups in total. The molecule has 36 heavy (non-hydrogen) atoms. The van der Waals surface area contributed by atoms with Gasteiger partial charge in [0.25, 0.3) is 0 Å². The van der Waals surface area contributed by atoms with Crippen LogP contribution in [0.4, 0.5) is 0 Å². The molecule has 210 valence electrons. The summed E-state index contributed by atoms with van der Waals surface area (Å²) in [4.78, 5) is 23.6. The Bertz CT molecular complexity index is 1000. The van der Waals surface area contributed by atoms with Crippen LogP contribution in [-0.4, -0.2) is 133 Å². The first-order chi connectivity index (χ1) is 16.4. The monoisotopic (exact) mass is 571 g/mol. The van der Waals surface area contributed by atoms with Crippen molar-refractivity contribution in [3.63, 3.8) is 0 Å². The van der Waals surface area contributed by atoms with Crippen LogP contribution in [0.2, 0.25) is 0 Å². The molecule has 0 radical (unpaired) electrons. The molecular formula is C15H25NO18S2. The first-order valence-electron chi connectivity index (χ1n) is 9.76. The minimum absolute atomic E-state index is 0.811. The van der Waals surface area contributed by atoms with Gasteiger partial charge in [0.1, 0.15) is 36.6 Å². The van der Waals surface area contributed by atoms with E-state index in [1.54, 1.807) is 0 Å². The number of carbonyl (C=O) groups excluding carboxylic acids is 2. The summed E-state index contributed by atoms with van der Waals surface area (Å²) in [5.41, 5.74) is 0.